The van der Waals surface area contributed by atoms with Gasteiger partial charge in [-0.05, 0) is 25.5 Å². The highest BCUT2D eigenvalue weighted by Crippen LogP contribution is 2.21. The summed E-state index contributed by atoms with van der Waals surface area (Å²) in [6.07, 6.45) is 2.38. The molecule has 0 amide bonds. The Morgan fingerprint density at radius 1 is 1.60 bits per heavy atom. The van der Waals surface area contributed by atoms with Crippen molar-refractivity contribution in [3.05, 3.63) is 28.5 Å². The number of hydrogen-bond donors (Lipinski definition) is 0. The van der Waals surface area contributed by atoms with Gasteiger partial charge < -0.3 is 4.74 Å². The Hall–Kier alpha value is -0.900. The van der Waals surface area contributed by atoms with Gasteiger partial charge >= 0.3 is 5.97 Å². The number of hydrogen-bond acceptors (Lipinski definition) is 3. The number of ether oxygens (including phenoxy) is 1. The van der Waals surface area contributed by atoms with E-state index in [2.05, 4.69) is 20.9 Å². The Morgan fingerprint density at radius 2 is 2.33 bits per heavy atom. The monoisotopic (exact) mass is 271 g/mol. The van der Waals surface area contributed by atoms with Crippen LogP contribution in [0.5, 0.6) is 0 Å². The Morgan fingerprint density at radius 3 is 2.87 bits per heavy atom. The van der Waals surface area contributed by atoms with E-state index in [1.807, 2.05) is 19.1 Å². The lowest BCUT2D eigenvalue weighted by Crippen LogP contribution is -2.16. The maximum atomic E-state index is 11.6. The van der Waals surface area contributed by atoms with Crippen molar-refractivity contribution in [2.24, 2.45) is 0 Å². The molecule has 0 aliphatic carbocycles. The van der Waals surface area contributed by atoms with Gasteiger partial charge in [0.25, 0.3) is 0 Å². The minimum absolute atomic E-state index is 0.203. The molecule has 0 saturated carbocycles. The van der Waals surface area contributed by atoms with E-state index < -0.39 is 0 Å². The predicted molar refractivity (Wildman–Crippen MR) is 61.6 cm³/mol. The van der Waals surface area contributed by atoms with Crippen LogP contribution in [0.15, 0.2) is 22.8 Å². The van der Waals surface area contributed by atoms with Gasteiger partial charge in [0.05, 0.1) is 18.2 Å². The van der Waals surface area contributed by atoms with Crippen LogP contribution in [0.3, 0.4) is 0 Å². The van der Waals surface area contributed by atoms with Crippen molar-refractivity contribution in [2.45, 2.75) is 26.2 Å². The Labute approximate surface area is 98.0 Å². The first-order valence-electron chi connectivity index (χ1n) is 4.97. The van der Waals surface area contributed by atoms with E-state index in [9.17, 15) is 4.79 Å². The molecule has 0 aliphatic rings. The van der Waals surface area contributed by atoms with Gasteiger partial charge in [0.15, 0.2) is 0 Å². The smallest absolute Gasteiger partial charge is 0.315 e. The summed E-state index contributed by atoms with van der Waals surface area (Å²) in [6.45, 7) is 4.16. The molecule has 1 rings (SSSR count). The van der Waals surface area contributed by atoms with Crippen molar-refractivity contribution in [2.75, 3.05) is 6.61 Å². The minimum atomic E-state index is -0.262. The van der Waals surface area contributed by atoms with E-state index in [1.165, 1.54) is 0 Å². The van der Waals surface area contributed by atoms with Gasteiger partial charge in [0.1, 0.15) is 0 Å². The van der Waals surface area contributed by atoms with Gasteiger partial charge in [-0.25, -0.2) is 0 Å². The highest BCUT2D eigenvalue weighted by molar-refractivity contribution is 9.10. The van der Waals surface area contributed by atoms with Crippen LogP contribution in [0.25, 0.3) is 0 Å². The summed E-state index contributed by atoms with van der Waals surface area (Å²) in [5, 5.41) is 0. The molecule has 0 N–H and O–H groups in total. The summed E-state index contributed by atoms with van der Waals surface area (Å²) < 4.78 is 5.92. The quantitative estimate of drug-likeness (QED) is 0.791. The van der Waals surface area contributed by atoms with Crippen molar-refractivity contribution in [1.82, 2.24) is 4.98 Å². The third-order valence-electron chi connectivity index (χ3n) is 2.08. The molecule has 1 heterocycles. The topological polar surface area (TPSA) is 39.2 Å². The fourth-order valence-corrected chi connectivity index (χ4v) is 1.70. The van der Waals surface area contributed by atoms with Crippen LogP contribution >= 0.6 is 15.9 Å². The number of carbonyl (C=O) groups excluding carboxylic acids is 1. The molecule has 1 atom stereocenters. The van der Waals surface area contributed by atoms with Gasteiger partial charge in [0.2, 0.25) is 0 Å². The van der Waals surface area contributed by atoms with Crippen molar-refractivity contribution in [3.8, 4) is 0 Å². The molecule has 0 aliphatic heterocycles. The molecule has 1 unspecified atom stereocenters. The number of rotatable bonds is 4. The third kappa shape index (κ3) is 3.30. The Kier molecular flexibility index (Phi) is 4.75. The van der Waals surface area contributed by atoms with Crippen LogP contribution in [-0.4, -0.2) is 17.6 Å². The molecular weight excluding hydrogens is 258 g/mol. The first-order valence-corrected chi connectivity index (χ1v) is 5.76. The SMILES string of the molecule is CCOC(=O)C(CC)c1cc(Br)ccn1. The third-order valence-corrected chi connectivity index (χ3v) is 2.57. The highest BCUT2D eigenvalue weighted by Gasteiger charge is 2.21. The van der Waals surface area contributed by atoms with Gasteiger partial charge in [-0.2, -0.15) is 0 Å². The molecule has 0 radical (unpaired) electrons. The maximum absolute atomic E-state index is 11.6. The van der Waals surface area contributed by atoms with Gasteiger partial charge in [-0.1, -0.05) is 22.9 Å². The summed E-state index contributed by atoms with van der Waals surface area (Å²) in [7, 11) is 0. The predicted octanol–water partition coefficient (Wildman–Crippen LogP) is 2.90. The van der Waals surface area contributed by atoms with Crippen LogP contribution < -0.4 is 0 Å². The molecule has 0 fully saturated rings. The summed E-state index contributed by atoms with van der Waals surface area (Å²) in [5.41, 5.74) is 0.755. The molecule has 0 spiro atoms. The summed E-state index contributed by atoms with van der Waals surface area (Å²) in [6, 6.07) is 3.69. The van der Waals surface area contributed by atoms with E-state index in [1.54, 1.807) is 13.1 Å². The number of carbonyl (C=O) groups is 1. The fourth-order valence-electron chi connectivity index (χ4n) is 1.35. The van der Waals surface area contributed by atoms with Crippen molar-refractivity contribution in [1.29, 1.82) is 0 Å². The van der Waals surface area contributed by atoms with Crippen molar-refractivity contribution < 1.29 is 9.53 Å². The standard InChI is InChI=1S/C11H14BrNO2/c1-3-9(11(14)15-4-2)10-7-8(12)5-6-13-10/h5-7,9H,3-4H2,1-2H3. The number of pyridine rings is 1. The minimum Gasteiger partial charge on any atom is -0.465 e. The number of halogens is 1. The number of esters is 1. The van der Waals surface area contributed by atoms with Gasteiger partial charge in [-0.15, -0.1) is 0 Å². The average Bonchev–Trinajstić information content (AvgIpc) is 2.19. The van der Waals surface area contributed by atoms with E-state index in [0.717, 1.165) is 10.2 Å². The fraction of sp³-hybridized carbons (Fsp3) is 0.455. The lowest BCUT2D eigenvalue weighted by atomic mass is 10.0. The second-order valence-electron chi connectivity index (χ2n) is 3.11. The Balaban J connectivity index is 2.87. The zero-order valence-electron chi connectivity index (χ0n) is 8.87. The molecule has 0 saturated heterocycles. The van der Waals surface area contributed by atoms with Crippen LogP contribution in [0.2, 0.25) is 0 Å². The molecule has 3 nitrogen and oxygen atoms in total. The van der Waals surface area contributed by atoms with Crippen LogP contribution in [0, 0.1) is 0 Å². The van der Waals surface area contributed by atoms with E-state index >= 15 is 0 Å². The van der Waals surface area contributed by atoms with Gasteiger partial charge in [0, 0.05) is 10.7 Å². The zero-order valence-corrected chi connectivity index (χ0v) is 10.5. The molecular formula is C11H14BrNO2. The van der Waals surface area contributed by atoms with E-state index in [0.29, 0.717) is 13.0 Å². The summed E-state index contributed by atoms with van der Waals surface area (Å²) >= 11 is 3.36. The van der Waals surface area contributed by atoms with Crippen LogP contribution in [-0.2, 0) is 9.53 Å². The normalized spacial score (nSPS) is 12.2. The lowest BCUT2D eigenvalue weighted by Gasteiger charge is -2.12. The number of aromatic nitrogens is 1. The molecule has 15 heavy (non-hydrogen) atoms. The first kappa shape index (κ1) is 12.2. The second kappa shape index (κ2) is 5.85. The molecule has 82 valence electrons. The van der Waals surface area contributed by atoms with E-state index in [4.69, 9.17) is 4.74 Å². The van der Waals surface area contributed by atoms with Gasteiger partial charge in [-0.3, -0.25) is 9.78 Å². The molecule has 4 heteroatoms. The van der Waals surface area contributed by atoms with E-state index in [-0.39, 0.29) is 11.9 Å². The van der Waals surface area contributed by atoms with Crippen molar-refractivity contribution in [3.63, 3.8) is 0 Å². The average molecular weight is 272 g/mol. The largest absolute Gasteiger partial charge is 0.465 e. The molecule has 0 bridgehead atoms. The molecule has 0 aromatic carbocycles. The van der Waals surface area contributed by atoms with Crippen LogP contribution in [0.4, 0.5) is 0 Å². The zero-order chi connectivity index (χ0) is 11.3. The van der Waals surface area contributed by atoms with Crippen molar-refractivity contribution >= 4 is 21.9 Å². The maximum Gasteiger partial charge on any atom is 0.315 e. The molecule has 1 aromatic rings. The Bertz CT molecular complexity index is 341. The summed E-state index contributed by atoms with van der Waals surface area (Å²) in [4.78, 5) is 15.8. The second-order valence-corrected chi connectivity index (χ2v) is 4.03. The summed E-state index contributed by atoms with van der Waals surface area (Å²) in [5.74, 6) is -0.465. The lowest BCUT2D eigenvalue weighted by molar-refractivity contribution is -0.145. The number of nitrogens with zero attached hydrogens (tertiary/aromatic N) is 1. The highest BCUT2D eigenvalue weighted by atomic mass is 79.9. The van der Waals surface area contributed by atoms with Crippen LogP contribution in [0.1, 0.15) is 31.9 Å². The molecule has 1 aromatic heterocycles. The first-order chi connectivity index (χ1) is 7.19.